The number of hydrogen-bond donors (Lipinski definition) is 1. The van der Waals surface area contributed by atoms with Crippen molar-refractivity contribution < 1.29 is 9.53 Å². The Morgan fingerprint density at radius 1 is 1.08 bits per heavy atom. The van der Waals surface area contributed by atoms with Crippen molar-refractivity contribution in [2.24, 2.45) is 11.0 Å². The zero-order chi connectivity index (χ0) is 17.4. The normalized spacial score (nSPS) is 11.4. The van der Waals surface area contributed by atoms with E-state index in [-0.39, 0.29) is 12.3 Å². The van der Waals surface area contributed by atoms with Gasteiger partial charge in [0.2, 0.25) is 5.91 Å². The molecule has 4 nitrogen and oxygen atoms in total. The van der Waals surface area contributed by atoms with Crippen molar-refractivity contribution in [2.75, 3.05) is 7.11 Å². The van der Waals surface area contributed by atoms with Crippen molar-refractivity contribution in [1.29, 1.82) is 0 Å². The molecule has 1 N–H and O–H groups in total. The molecule has 0 aliphatic heterocycles. The van der Waals surface area contributed by atoms with E-state index in [1.807, 2.05) is 54.6 Å². The van der Waals surface area contributed by atoms with Crippen LogP contribution in [0.3, 0.4) is 0 Å². The number of rotatable bonds is 7. The highest BCUT2D eigenvalue weighted by atomic mass is 16.5. The quantitative estimate of drug-likeness (QED) is 0.622. The summed E-state index contributed by atoms with van der Waals surface area (Å²) in [6, 6.07) is 17.4. The molecule has 4 heteroatoms. The van der Waals surface area contributed by atoms with E-state index in [2.05, 4.69) is 24.4 Å². The third kappa shape index (κ3) is 5.54. The van der Waals surface area contributed by atoms with Gasteiger partial charge in [-0.2, -0.15) is 5.10 Å². The van der Waals surface area contributed by atoms with E-state index in [4.69, 9.17) is 4.74 Å². The first kappa shape index (κ1) is 17.7. The molecule has 2 aromatic rings. The fraction of sp³-hybridized carbons (Fsp3) is 0.300. The molecule has 0 fully saturated rings. The second-order valence-electron chi connectivity index (χ2n) is 6.08. The molecule has 24 heavy (non-hydrogen) atoms. The summed E-state index contributed by atoms with van der Waals surface area (Å²) in [5, 5.41) is 4.36. The lowest BCUT2D eigenvalue weighted by molar-refractivity contribution is -0.120. The molecular formula is C20H24N2O2. The van der Waals surface area contributed by atoms with Gasteiger partial charge in [0.25, 0.3) is 0 Å². The summed E-state index contributed by atoms with van der Waals surface area (Å²) in [7, 11) is 1.62. The molecule has 2 rings (SSSR count). The Balaban J connectivity index is 2.02. The third-order valence-electron chi connectivity index (χ3n) is 3.55. The van der Waals surface area contributed by atoms with Gasteiger partial charge in [0.05, 0.1) is 19.2 Å². The standard InChI is InChI=1S/C20H24N2O2/c1-15(2)13-19(17-7-5-4-6-8-17)21-22-20(23)14-16-9-11-18(24-3)12-10-16/h4-12,15H,13-14H2,1-3H3,(H,22,23). The lowest BCUT2D eigenvalue weighted by atomic mass is 10.0. The SMILES string of the molecule is COc1ccc(CC(=O)NN=C(CC(C)C)c2ccccc2)cc1. The summed E-state index contributed by atoms with van der Waals surface area (Å²) in [5.41, 5.74) is 5.54. The smallest absolute Gasteiger partial charge is 0.244 e. The molecule has 0 bridgehead atoms. The van der Waals surface area contributed by atoms with Gasteiger partial charge in [-0.25, -0.2) is 5.43 Å². The summed E-state index contributed by atoms with van der Waals surface area (Å²) in [6.45, 7) is 4.27. The molecule has 0 radical (unpaired) electrons. The first-order valence-electron chi connectivity index (χ1n) is 8.12. The van der Waals surface area contributed by atoms with Crippen LogP contribution in [0.15, 0.2) is 59.7 Å². The molecule has 0 saturated heterocycles. The van der Waals surface area contributed by atoms with E-state index in [0.717, 1.165) is 29.0 Å². The molecule has 1 amide bonds. The molecule has 126 valence electrons. The third-order valence-corrected chi connectivity index (χ3v) is 3.55. The maximum atomic E-state index is 12.1. The molecule has 0 aromatic heterocycles. The van der Waals surface area contributed by atoms with Gasteiger partial charge in [0, 0.05) is 0 Å². The lowest BCUT2D eigenvalue weighted by Crippen LogP contribution is -2.22. The molecule has 2 aromatic carbocycles. The number of amides is 1. The summed E-state index contributed by atoms with van der Waals surface area (Å²) < 4.78 is 5.12. The highest BCUT2D eigenvalue weighted by molar-refractivity contribution is 6.01. The van der Waals surface area contributed by atoms with E-state index in [1.165, 1.54) is 0 Å². The van der Waals surface area contributed by atoms with Gasteiger partial charge in [-0.15, -0.1) is 0 Å². The van der Waals surface area contributed by atoms with Crippen LogP contribution in [0.25, 0.3) is 0 Å². The van der Waals surface area contributed by atoms with Crippen molar-refractivity contribution >= 4 is 11.6 Å². The van der Waals surface area contributed by atoms with Crippen LogP contribution >= 0.6 is 0 Å². The average molecular weight is 324 g/mol. The van der Waals surface area contributed by atoms with Gasteiger partial charge in [-0.3, -0.25) is 4.79 Å². The lowest BCUT2D eigenvalue weighted by Gasteiger charge is -2.10. The molecule has 0 saturated carbocycles. The number of carbonyl (C=O) groups excluding carboxylic acids is 1. The van der Waals surface area contributed by atoms with E-state index in [1.54, 1.807) is 7.11 Å². The molecule has 0 heterocycles. The number of hydrazone groups is 1. The Morgan fingerprint density at radius 3 is 2.33 bits per heavy atom. The van der Waals surface area contributed by atoms with E-state index in [0.29, 0.717) is 5.92 Å². The number of nitrogens with zero attached hydrogens (tertiary/aromatic N) is 1. The maximum Gasteiger partial charge on any atom is 0.244 e. The number of carbonyl (C=O) groups is 1. The predicted molar refractivity (Wildman–Crippen MR) is 97.3 cm³/mol. The summed E-state index contributed by atoms with van der Waals surface area (Å²) in [4.78, 5) is 12.1. The van der Waals surface area contributed by atoms with Crippen LogP contribution in [0.1, 0.15) is 31.4 Å². The number of nitrogens with one attached hydrogen (secondary N) is 1. The zero-order valence-electron chi connectivity index (χ0n) is 14.5. The average Bonchev–Trinajstić information content (AvgIpc) is 2.59. The van der Waals surface area contributed by atoms with Crippen molar-refractivity contribution in [3.05, 3.63) is 65.7 Å². The number of hydrogen-bond acceptors (Lipinski definition) is 3. The van der Waals surface area contributed by atoms with Gasteiger partial charge in [0.1, 0.15) is 5.75 Å². The van der Waals surface area contributed by atoms with Crippen LogP contribution in [0, 0.1) is 5.92 Å². The molecular weight excluding hydrogens is 300 g/mol. The largest absolute Gasteiger partial charge is 0.497 e. The van der Waals surface area contributed by atoms with E-state index in [9.17, 15) is 4.79 Å². The van der Waals surface area contributed by atoms with Crippen molar-refractivity contribution in [3.8, 4) is 5.75 Å². The van der Waals surface area contributed by atoms with Crippen LogP contribution in [0.5, 0.6) is 5.75 Å². The fourth-order valence-corrected chi connectivity index (χ4v) is 2.34. The monoisotopic (exact) mass is 324 g/mol. The second kappa shape index (κ2) is 8.87. The van der Waals surface area contributed by atoms with Crippen LogP contribution in [0.2, 0.25) is 0 Å². The Morgan fingerprint density at radius 2 is 1.75 bits per heavy atom. The first-order valence-corrected chi connectivity index (χ1v) is 8.12. The van der Waals surface area contributed by atoms with Crippen LogP contribution in [0.4, 0.5) is 0 Å². The van der Waals surface area contributed by atoms with Crippen LogP contribution < -0.4 is 10.2 Å². The minimum absolute atomic E-state index is 0.127. The Bertz CT molecular complexity index is 677. The highest BCUT2D eigenvalue weighted by Gasteiger charge is 2.08. The number of methoxy groups -OCH3 is 1. The summed E-state index contributed by atoms with van der Waals surface area (Å²) >= 11 is 0. The molecule has 0 unspecified atom stereocenters. The predicted octanol–water partition coefficient (Wildman–Crippen LogP) is 3.80. The molecule has 0 spiro atoms. The van der Waals surface area contributed by atoms with Gasteiger partial charge in [-0.1, -0.05) is 56.3 Å². The van der Waals surface area contributed by atoms with E-state index < -0.39 is 0 Å². The van der Waals surface area contributed by atoms with Crippen molar-refractivity contribution in [2.45, 2.75) is 26.7 Å². The first-order chi connectivity index (χ1) is 11.6. The molecule has 0 atom stereocenters. The van der Waals surface area contributed by atoms with Gasteiger partial charge >= 0.3 is 0 Å². The highest BCUT2D eigenvalue weighted by Crippen LogP contribution is 2.12. The summed E-state index contributed by atoms with van der Waals surface area (Å²) in [6.07, 6.45) is 1.10. The number of benzene rings is 2. The maximum absolute atomic E-state index is 12.1. The van der Waals surface area contributed by atoms with Gasteiger partial charge in [-0.05, 0) is 35.6 Å². The van der Waals surface area contributed by atoms with Gasteiger partial charge < -0.3 is 4.74 Å². The molecule has 0 aliphatic rings. The minimum atomic E-state index is -0.127. The van der Waals surface area contributed by atoms with Crippen molar-refractivity contribution in [1.82, 2.24) is 5.43 Å². The summed E-state index contributed by atoms with van der Waals surface area (Å²) in [5.74, 6) is 1.11. The zero-order valence-corrected chi connectivity index (χ0v) is 14.5. The molecule has 0 aliphatic carbocycles. The Hall–Kier alpha value is -2.62. The van der Waals surface area contributed by atoms with Crippen LogP contribution in [-0.4, -0.2) is 18.7 Å². The number of ether oxygens (including phenoxy) is 1. The second-order valence-corrected chi connectivity index (χ2v) is 6.08. The fourth-order valence-electron chi connectivity index (χ4n) is 2.34. The Kier molecular flexibility index (Phi) is 6.55. The van der Waals surface area contributed by atoms with Crippen molar-refractivity contribution in [3.63, 3.8) is 0 Å². The topological polar surface area (TPSA) is 50.7 Å². The minimum Gasteiger partial charge on any atom is -0.497 e. The van der Waals surface area contributed by atoms with E-state index >= 15 is 0 Å². The Labute approximate surface area is 143 Å². The van der Waals surface area contributed by atoms with Gasteiger partial charge in [0.15, 0.2) is 0 Å². The van der Waals surface area contributed by atoms with Crippen LogP contribution in [-0.2, 0) is 11.2 Å².